The number of anilines is 2. The third kappa shape index (κ3) is 4.81. The molecular formula is C15H15N5OS2. The number of aromatic nitrogens is 2. The third-order valence-corrected chi connectivity index (χ3v) is 4.82. The quantitative estimate of drug-likeness (QED) is 0.592. The van der Waals surface area contributed by atoms with Crippen LogP contribution in [0.3, 0.4) is 0 Å². The number of nitriles is 1. The standard InChI is InChI=1S/C15H15N5OS2/c1-3-8-17-14-19-20-15(23-14)22-10(2)13(21)18-12-7-5-4-6-11(12)9-16/h3-7,10H,1,8H2,2H3,(H,17,19)(H,18,21)/t10-/m0/s1. The molecule has 0 unspecified atom stereocenters. The van der Waals surface area contributed by atoms with Gasteiger partial charge in [-0.15, -0.1) is 16.8 Å². The molecule has 0 aliphatic rings. The lowest BCUT2D eigenvalue weighted by atomic mass is 10.2. The first-order valence-electron chi connectivity index (χ1n) is 6.79. The molecule has 1 atom stereocenters. The van der Waals surface area contributed by atoms with E-state index in [2.05, 4.69) is 33.5 Å². The van der Waals surface area contributed by atoms with Crippen LogP contribution in [0.25, 0.3) is 0 Å². The highest BCUT2D eigenvalue weighted by molar-refractivity contribution is 8.02. The summed E-state index contributed by atoms with van der Waals surface area (Å²) in [5, 5.41) is 23.2. The minimum atomic E-state index is -0.359. The number of thioether (sulfide) groups is 1. The Balaban J connectivity index is 1.96. The Kier molecular flexibility index (Phi) is 6.14. The van der Waals surface area contributed by atoms with Gasteiger partial charge in [0, 0.05) is 6.54 Å². The molecule has 0 radical (unpaired) electrons. The second-order valence-corrected chi connectivity index (χ2v) is 7.01. The molecule has 0 bridgehead atoms. The zero-order valence-electron chi connectivity index (χ0n) is 12.4. The molecule has 23 heavy (non-hydrogen) atoms. The van der Waals surface area contributed by atoms with Crippen molar-refractivity contribution in [1.82, 2.24) is 10.2 Å². The van der Waals surface area contributed by atoms with E-state index in [0.29, 0.717) is 27.3 Å². The predicted octanol–water partition coefficient (Wildman–Crippen LogP) is 3.13. The minimum Gasteiger partial charge on any atom is -0.357 e. The Labute approximate surface area is 142 Å². The number of nitrogens with one attached hydrogen (secondary N) is 2. The van der Waals surface area contributed by atoms with Gasteiger partial charge in [-0.3, -0.25) is 4.79 Å². The largest absolute Gasteiger partial charge is 0.357 e. The molecule has 0 fully saturated rings. The van der Waals surface area contributed by atoms with Crippen LogP contribution >= 0.6 is 23.1 Å². The SMILES string of the molecule is C=CCNc1nnc(S[C@@H](C)C(=O)Nc2ccccc2C#N)s1. The highest BCUT2D eigenvalue weighted by atomic mass is 32.2. The normalized spacial score (nSPS) is 11.3. The van der Waals surface area contributed by atoms with Gasteiger partial charge in [0.25, 0.3) is 0 Å². The van der Waals surface area contributed by atoms with Crippen LogP contribution in [0, 0.1) is 11.3 Å². The van der Waals surface area contributed by atoms with Crippen molar-refractivity contribution in [3.05, 3.63) is 42.5 Å². The Bertz CT molecular complexity index is 737. The van der Waals surface area contributed by atoms with E-state index in [1.54, 1.807) is 37.3 Å². The average Bonchev–Trinajstić information content (AvgIpc) is 3.00. The Morgan fingerprint density at radius 2 is 2.30 bits per heavy atom. The molecule has 1 heterocycles. The van der Waals surface area contributed by atoms with Gasteiger partial charge in [-0.05, 0) is 19.1 Å². The van der Waals surface area contributed by atoms with Crippen LogP contribution in [0.15, 0.2) is 41.3 Å². The van der Waals surface area contributed by atoms with Crippen molar-refractivity contribution in [2.75, 3.05) is 17.2 Å². The predicted molar refractivity (Wildman–Crippen MR) is 93.7 cm³/mol. The Morgan fingerprint density at radius 3 is 3.04 bits per heavy atom. The van der Waals surface area contributed by atoms with Crippen molar-refractivity contribution in [3.63, 3.8) is 0 Å². The molecule has 1 amide bonds. The fourth-order valence-corrected chi connectivity index (χ4v) is 3.52. The lowest BCUT2D eigenvalue weighted by molar-refractivity contribution is -0.115. The van der Waals surface area contributed by atoms with Crippen molar-refractivity contribution in [3.8, 4) is 6.07 Å². The minimum absolute atomic E-state index is 0.187. The summed E-state index contributed by atoms with van der Waals surface area (Å²) >= 11 is 2.70. The second-order valence-electron chi connectivity index (χ2n) is 4.45. The van der Waals surface area contributed by atoms with E-state index in [0.717, 1.165) is 0 Å². The molecule has 0 saturated carbocycles. The van der Waals surface area contributed by atoms with Gasteiger partial charge in [0.15, 0.2) is 4.34 Å². The maximum absolute atomic E-state index is 12.2. The highest BCUT2D eigenvalue weighted by Gasteiger charge is 2.18. The number of carbonyl (C=O) groups is 1. The van der Waals surface area contributed by atoms with Gasteiger partial charge >= 0.3 is 0 Å². The maximum Gasteiger partial charge on any atom is 0.237 e. The molecule has 2 N–H and O–H groups in total. The molecule has 0 aliphatic heterocycles. The lowest BCUT2D eigenvalue weighted by Gasteiger charge is -2.11. The van der Waals surface area contributed by atoms with Gasteiger partial charge in [-0.2, -0.15) is 5.26 Å². The molecule has 0 saturated heterocycles. The highest BCUT2D eigenvalue weighted by Crippen LogP contribution is 2.29. The Hall–Kier alpha value is -2.37. The molecule has 6 nitrogen and oxygen atoms in total. The van der Waals surface area contributed by atoms with Crippen molar-refractivity contribution in [2.45, 2.75) is 16.5 Å². The number of hydrogen-bond donors (Lipinski definition) is 2. The summed E-state index contributed by atoms with van der Waals surface area (Å²) in [6.45, 7) is 6.02. The van der Waals surface area contributed by atoms with Crippen LogP contribution in [0.5, 0.6) is 0 Å². The van der Waals surface area contributed by atoms with Gasteiger partial charge < -0.3 is 10.6 Å². The van der Waals surface area contributed by atoms with Crippen LogP contribution in [0.1, 0.15) is 12.5 Å². The number of carbonyl (C=O) groups excluding carboxylic acids is 1. The molecule has 8 heteroatoms. The van der Waals surface area contributed by atoms with Gasteiger partial charge in [-0.1, -0.05) is 41.3 Å². The molecule has 0 spiro atoms. The van der Waals surface area contributed by atoms with Crippen LogP contribution in [-0.2, 0) is 4.79 Å². The smallest absolute Gasteiger partial charge is 0.237 e. The number of amides is 1. The summed E-state index contributed by atoms with van der Waals surface area (Å²) < 4.78 is 0.702. The van der Waals surface area contributed by atoms with Crippen molar-refractivity contribution < 1.29 is 4.79 Å². The summed E-state index contributed by atoms with van der Waals surface area (Å²) in [5.74, 6) is -0.187. The van der Waals surface area contributed by atoms with E-state index >= 15 is 0 Å². The number of para-hydroxylation sites is 1. The lowest BCUT2D eigenvalue weighted by Crippen LogP contribution is -2.22. The molecule has 0 aliphatic carbocycles. The topological polar surface area (TPSA) is 90.7 Å². The molecule has 2 aromatic rings. The number of hydrogen-bond acceptors (Lipinski definition) is 7. The molecule has 1 aromatic heterocycles. The first kappa shape index (κ1) is 17.0. The first-order chi connectivity index (χ1) is 11.1. The van der Waals surface area contributed by atoms with Crippen molar-refractivity contribution >= 4 is 39.8 Å². The van der Waals surface area contributed by atoms with Crippen LogP contribution in [0.2, 0.25) is 0 Å². The molecule has 1 aromatic carbocycles. The van der Waals surface area contributed by atoms with E-state index in [1.165, 1.54) is 23.1 Å². The zero-order chi connectivity index (χ0) is 16.7. The zero-order valence-corrected chi connectivity index (χ0v) is 14.1. The Morgan fingerprint density at radius 1 is 1.52 bits per heavy atom. The van der Waals surface area contributed by atoms with Crippen LogP contribution in [0.4, 0.5) is 10.8 Å². The molecular weight excluding hydrogens is 330 g/mol. The fraction of sp³-hybridized carbons (Fsp3) is 0.200. The van der Waals surface area contributed by atoms with Gasteiger partial charge in [0.1, 0.15) is 6.07 Å². The van der Waals surface area contributed by atoms with Crippen LogP contribution < -0.4 is 10.6 Å². The summed E-state index contributed by atoms with van der Waals surface area (Å²) in [4.78, 5) is 12.2. The van der Waals surface area contributed by atoms with Gasteiger partial charge in [0.05, 0.1) is 16.5 Å². The van der Waals surface area contributed by atoms with Gasteiger partial charge in [-0.25, -0.2) is 0 Å². The molecule has 2 rings (SSSR count). The average molecular weight is 345 g/mol. The summed E-state index contributed by atoms with van der Waals surface area (Å²) in [7, 11) is 0. The van der Waals surface area contributed by atoms with E-state index in [9.17, 15) is 4.79 Å². The summed E-state index contributed by atoms with van der Waals surface area (Å²) in [5.41, 5.74) is 0.947. The van der Waals surface area contributed by atoms with Crippen LogP contribution in [-0.4, -0.2) is 27.9 Å². The number of benzene rings is 1. The second kappa shape index (κ2) is 8.31. The van der Waals surface area contributed by atoms with E-state index in [1.807, 2.05) is 0 Å². The summed E-state index contributed by atoms with van der Waals surface area (Å²) in [6, 6.07) is 8.95. The van der Waals surface area contributed by atoms with E-state index < -0.39 is 0 Å². The van der Waals surface area contributed by atoms with Crippen molar-refractivity contribution in [2.24, 2.45) is 0 Å². The fourth-order valence-electron chi connectivity index (χ4n) is 1.62. The maximum atomic E-state index is 12.2. The van der Waals surface area contributed by atoms with Gasteiger partial charge in [0.2, 0.25) is 11.0 Å². The van der Waals surface area contributed by atoms with E-state index in [4.69, 9.17) is 5.26 Å². The summed E-state index contributed by atoms with van der Waals surface area (Å²) in [6.07, 6.45) is 1.73. The molecule has 118 valence electrons. The van der Waals surface area contributed by atoms with E-state index in [-0.39, 0.29) is 11.2 Å². The monoisotopic (exact) mass is 345 g/mol. The van der Waals surface area contributed by atoms with Crippen molar-refractivity contribution in [1.29, 1.82) is 5.26 Å². The number of nitrogens with zero attached hydrogens (tertiary/aromatic N) is 3. The number of rotatable bonds is 7. The third-order valence-electron chi connectivity index (χ3n) is 2.76. The first-order valence-corrected chi connectivity index (χ1v) is 8.48.